The molecular formula is C11H6BrN3OS. The minimum atomic E-state index is -0.123. The van der Waals surface area contributed by atoms with Gasteiger partial charge in [-0.15, -0.1) is 0 Å². The van der Waals surface area contributed by atoms with Gasteiger partial charge in [0, 0.05) is 4.47 Å². The van der Waals surface area contributed by atoms with E-state index in [4.69, 9.17) is 0 Å². The van der Waals surface area contributed by atoms with Gasteiger partial charge in [0.05, 0.1) is 4.53 Å². The normalized spacial score (nSPS) is 12.4. The van der Waals surface area contributed by atoms with Gasteiger partial charge in [-0.25, -0.2) is 4.98 Å². The Labute approximate surface area is 108 Å². The zero-order valence-electron chi connectivity index (χ0n) is 8.50. The molecule has 3 rings (SSSR count). The van der Waals surface area contributed by atoms with Gasteiger partial charge >= 0.3 is 0 Å². The van der Waals surface area contributed by atoms with Gasteiger partial charge in [0.15, 0.2) is 0 Å². The number of hydrogen-bond donors (Lipinski definition) is 0. The van der Waals surface area contributed by atoms with Gasteiger partial charge in [-0.3, -0.25) is 4.79 Å². The predicted molar refractivity (Wildman–Crippen MR) is 70.1 cm³/mol. The molecule has 2 aromatic heterocycles. The largest absolute Gasteiger partial charge is 0.291 e. The summed E-state index contributed by atoms with van der Waals surface area (Å²) >= 11 is 4.73. The summed E-state index contributed by atoms with van der Waals surface area (Å²) in [4.78, 5) is 16.5. The van der Waals surface area contributed by atoms with Crippen LogP contribution in [0.1, 0.15) is 5.56 Å². The Morgan fingerprint density at radius 2 is 2.29 bits per heavy atom. The third-order valence-electron chi connectivity index (χ3n) is 2.27. The predicted octanol–water partition coefficient (Wildman–Crippen LogP) is 1.46. The van der Waals surface area contributed by atoms with Crippen LogP contribution in [-0.2, 0) is 0 Å². The van der Waals surface area contributed by atoms with E-state index in [1.54, 1.807) is 0 Å². The van der Waals surface area contributed by atoms with E-state index in [2.05, 4.69) is 26.0 Å². The van der Waals surface area contributed by atoms with E-state index < -0.39 is 0 Å². The summed E-state index contributed by atoms with van der Waals surface area (Å²) in [7, 11) is 0. The Balaban J connectivity index is 2.24. The van der Waals surface area contributed by atoms with Crippen molar-refractivity contribution >= 4 is 38.3 Å². The fourth-order valence-corrected chi connectivity index (χ4v) is 2.82. The number of fused-ring (bicyclic) bond motifs is 1. The van der Waals surface area contributed by atoms with Crippen LogP contribution in [0, 0.1) is 0 Å². The molecule has 0 spiro atoms. The van der Waals surface area contributed by atoms with Crippen molar-refractivity contribution in [2.45, 2.75) is 0 Å². The van der Waals surface area contributed by atoms with Crippen LogP contribution in [0.25, 0.3) is 11.0 Å². The number of aromatic nitrogens is 3. The maximum absolute atomic E-state index is 11.9. The third-order valence-corrected chi connectivity index (χ3v) is 3.73. The first-order chi connectivity index (χ1) is 8.24. The van der Waals surface area contributed by atoms with Crippen LogP contribution in [0.2, 0.25) is 0 Å². The van der Waals surface area contributed by atoms with E-state index in [0.29, 0.717) is 9.49 Å². The van der Waals surface area contributed by atoms with Crippen LogP contribution in [0.15, 0.2) is 39.9 Å². The standard InChI is InChI=1S/C11H6BrN3OS/c12-8-3-1-2-7(4-8)5-9-10(16)15-11(17-9)13-6-14-15/h1-6H. The number of rotatable bonds is 1. The Hall–Kier alpha value is -1.53. The molecule has 0 saturated heterocycles. The molecule has 2 heterocycles. The monoisotopic (exact) mass is 307 g/mol. The number of thiazole rings is 1. The van der Waals surface area contributed by atoms with E-state index in [0.717, 1.165) is 10.0 Å². The van der Waals surface area contributed by atoms with Gasteiger partial charge in [0.2, 0.25) is 4.96 Å². The topological polar surface area (TPSA) is 47.3 Å². The maximum Gasteiger partial charge on any atom is 0.291 e. The first-order valence-electron chi connectivity index (χ1n) is 4.84. The summed E-state index contributed by atoms with van der Waals surface area (Å²) in [6, 6.07) is 7.77. The molecule has 0 saturated carbocycles. The summed E-state index contributed by atoms with van der Waals surface area (Å²) in [6.07, 6.45) is 3.23. The molecular weight excluding hydrogens is 302 g/mol. The zero-order valence-corrected chi connectivity index (χ0v) is 10.9. The van der Waals surface area contributed by atoms with Crippen LogP contribution >= 0.6 is 27.3 Å². The van der Waals surface area contributed by atoms with Crippen LogP contribution in [0.3, 0.4) is 0 Å². The highest BCUT2D eigenvalue weighted by atomic mass is 79.9. The molecule has 0 amide bonds. The number of hydrogen-bond acceptors (Lipinski definition) is 4. The van der Waals surface area contributed by atoms with Gasteiger partial charge in [-0.2, -0.15) is 9.61 Å². The molecule has 0 N–H and O–H groups in total. The Morgan fingerprint density at radius 3 is 3.06 bits per heavy atom. The average Bonchev–Trinajstić information content (AvgIpc) is 2.84. The lowest BCUT2D eigenvalue weighted by Crippen LogP contribution is -2.23. The molecule has 0 radical (unpaired) electrons. The lowest BCUT2D eigenvalue weighted by Gasteiger charge is -1.92. The average molecular weight is 308 g/mol. The van der Waals surface area contributed by atoms with Crippen molar-refractivity contribution in [3.63, 3.8) is 0 Å². The fraction of sp³-hybridized carbons (Fsp3) is 0. The van der Waals surface area contributed by atoms with E-state index in [-0.39, 0.29) is 5.56 Å². The molecule has 0 atom stereocenters. The summed E-state index contributed by atoms with van der Waals surface area (Å²) in [5, 5.41) is 3.87. The number of halogens is 1. The van der Waals surface area contributed by atoms with E-state index in [1.807, 2.05) is 30.3 Å². The molecule has 0 fully saturated rings. The minimum absolute atomic E-state index is 0.123. The van der Waals surface area contributed by atoms with Gasteiger partial charge < -0.3 is 0 Å². The second kappa shape index (κ2) is 4.05. The number of benzene rings is 1. The maximum atomic E-state index is 11.9. The van der Waals surface area contributed by atoms with Gasteiger partial charge in [0.25, 0.3) is 5.56 Å². The molecule has 1 aromatic carbocycles. The van der Waals surface area contributed by atoms with Crippen LogP contribution < -0.4 is 10.1 Å². The molecule has 84 valence electrons. The molecule has 17 heavy (non-hydrogen) atoms. The quantitative estimate of drug-likeness (QED) is 0.684. The van der Waals surface area contributed by atoms with Crippen LogP contribution in [0.4, 0.5) is 0 Å². The van der Waals surface area contributed by atoms with Crippen molar-refractivity contribution in [3.05, 3.63) is 55.5 Å². The van der Waals surface area contributed by atoms with Crippen molar-refractivity contribution < 1.29 is 0 Å². The minimum Gasteiger partial charge on any atom is -0.266 e. The SMILES string of the molecule is O=c1c(=Cc2cccc(Br)c2)sc2ncnn12. The molecule has 0 aliphatic rings. The van der Waals surface area contributed by atoms with Gasteiger partial charge in [-0.1, -0.05) is 39.4 Å². The van der Waals surface area contributed by atoms with Gasteiger partial charge in [-0.05, 0) is 23.8 Å². The molecule has 0 unspecified atom stereocenters. The smallest absolute Gasteiger partial charge is 0.266 e. The van der Waals surface area contributed by atoms with Crippen molar-refractivity contribution in [2.75, 3.05) is 0 Å². The van der Waals surface area contributed by atoms with Crippen LogP contribution in [0.5, 0.6) is 0 Å². The third kappa shape index (κ3) is 1.89. The zero-order chi connectivity index (χ0) is 11.8. The highest BCUT2D eigenvalue weighted by Crippen LogP contribution is 2.12. The fourth-order valence-electron chi connectivity index (χ4n) is 1.53. The first-order valence-corrected chi connectivity index (χ1v) is 6.45. The first kappa shape index (κ1) is 10.6. The molecule has 0 bridgehead atoms. The van der Waals surface area contributed by atoms with Gasteiger partial charge in [0.1, 0.15) is 6.33 Å². The molecule has 4 nitrogen and oxygen atoms in total. The second-order valence-electron chi connectivity index (χ2n) is 3.43. The summed E-state index contributed by atoms with van der Waals surface area (Å²) in [5.41, 5.74) is 0.850. The molecule has 3 aromatic rings. The Morgan fingerprint density at radius 1 is 1.41 bits per heavy atom. The van der Waals surface area contributed by atoms with Crippen molar-refractivity contribution in [2.24, 2.45) is 0 Å². The Kier molecular flexibility index (Phi) is 2.53. The lowest BCUT2D eigenvalue weighted by atomic mass is 10.2. The van der Waals surface area contributed by atoms with E-state index in [9.17, 15) is 4.79 Å². The van der Waals surface area contributed by atoms with Crippen molar-refractivity contribution in [3.8, 4) is 0 Å². The van der Waals surface area contributed by atoms with Crippen molar-refractivity contribution in [1.29, 1.82) is 0 Å². The summed E-state index contributed by atoms with van der Waals surface area (Å²) in [6.45, 7) is 0. The van der Waals surface area contributed by atoms with Crippen LogP contribution in [-0.4, -0.2) is 14.6 Å². The summed E-state index contributed by atoms with van der Waals surface area (Å²) < 4.78 is 2.94. The Bertz CT molecular complexity index is 793. The number of nitrogens with zero attached hydrogens (tertiary/aromatic N) is 3. The molecule has 0 aliphatic carbocycles. The molecule has 0 aliphatic heterocycles. The highest BCUT2D eigenvalue weighted by Gasteiger charge is 2.04. The second-order valence-corrected chi connectivity index (χ2v) is 5.35. The lowest BCUT2D eigenvalue weighted by molar-refractivity contribution is 0.932. The highest BCUT2D eigenvalue weighted by molar-refractivity contribution is 9.10. The molecule has 6 heteroatoms. The van der Waals surface area contributed by atoms with E-state index >= 15 is 0 Å². The summed E-state index contributed by atoms with van der Waals surface area (Å²) in [5.74, 6) is 0. The van der Waals surface area contributed by atoms with E-state index in [1.165, 1.54) is 22.2 Å². The van der Waals surface area contributed by atoms with Crippen molar-refractivity contribution in [1.82, 2.24) is 14.6 Å².